The van der Waals surface area contributed by atoms with E-state index >= 15 is 0 Å². The molecule has 1 aromatic heterocycles. The summed E-state index contributed by atoms with van der Waals surface area (Å²) in [5.74, 6) is -0.159. The number of alkyl halides is 3. The van der Waals surface area contributed by atoms with Gasteiger partial charge in [0.2, 0.25) is 0 Å². The van der Waals surface area contributed by atoms with E-state index in [-0.39, 0.29) is 12.2 Å². The number of carbonyl (C=O) groups is 1. The van der Waals surface area contributed by atoms with Crippen LogP contribution in [0.15, 0.2) is 54.6 Å². The largest absolute Gasteiger partial charge is 0.487 e. The molecule has 5 nitrogen and oxygen atoms in total. The lowest BCUT2D eigenvalue weighted by Gasteiger charge is -2.10. The molecule has 3 rings (SSSR count). The van der Waals surface area contributed by atoms with Crippen LogP contribution in [0.4, 0.5) is 13.2 Å². The van der Waals surface area contributed by atoms with E-state index in [1.54, 1.807) is 11.6 Å². The molecule has 0 radical (unpaired) electrons. The topological polar surface area (TPSA) is 67.9 Å². The van der Waals surface area contributed by atoms with Crippen molar-refractivity contribution in [3.05, 3.63) is 77.1 Å². The fraction of sp³-hybridized carbons (Fsp3) is 0.227. The maximum absolute atomic E-state index is 12.3. The zero-order valence-electron chi connectivity index (χ0n) is 16.1. The summed E-state index contributed by atoms with van der Waals surface area (Å²) in [6.45, 7) is 1.79. The number of nitrogens with zero attached hydrogens (tertiary/aromatic N) is 3. The molecule has 0 fully saturated rings. The second kappa shape index (κ2) is 8.82. The minimum absolute atomic E-state index is 0.0556. The summed E-state index contributed by atoms with van der Waals surface area (Å²) in [4.78, 5) is 11.9. The lowest BCUT2D eigenvalue weighted by atomic mass is 10.1. The van der Waals surface area contributed by atoms with Crippen LogP contribution in [-0.4, -0.2) is 21.7 Å². The zero-order valence-corrected chi connectivity index (χ0v) is 16.1. The van der Waals surface area contributed by atoms with Crippen LogP contribution in [0.3, 0.4) is 0 Å². The average Bonchev–Trinajstić information content (AvgIpc) is 3.06. The molecule has 0 aliphatic heterocycles. The summed E-state index contributed by atoms with van der Waals surface area (Å²) in [7, 11) is 0. The number of carbonyl (C=O) groups excluding carboxylic acids is 1. The molecule has 0 atom stereocenters. The average molecular weight is 413 g/mol. The van der Waals surface area contributed by atoms with E-state index in [0.29, 0.717) is 22.7 Å². The molecule has 0 unspecified atom stereocenters. The molecule has 0 saturated heterocycles. The summed E-state index contributed by atoms with van der Waals surface area (Å²) in [5.41, 5.74) is 2.54. The quantitative estimate of drug-likeness (QED) is 0.502. The summed E-state index contributed by atoms with van der Waals surface area (Å²) in [6, 6.07) is 17.3. The van der Waals surface area contributed by atoms with Crippen LogP contribution in [0, 0.1) is 18.3 Å². The minimum atomic E-state index is -4.36. The van der Waals surface area contributed by atoms with E-state index in [0.717, 1.165) is 5.69 Å². The summed E-state index contributed by atoms with van der Waals surface area (Å²) < 4.78 is 44.2. The molecular formula is C22H18F3N3O2. The molecule has 0 aliphatic carbocycles. The third-order valence-electron chi connectivity index (χ3n) is 4.46. The van der Waals surface area contributed by atoms with Crippen LogP contribution in [-0.2, 0) is 6.61 Å². The Bertz CT molecular complexity index is 1070. The van der Waals surface area contributed by atoms with Crippen LogP contribution in [0.5, 0.6) is 5.75 Å². The van der Waals surface area contributed by atoms with Crippen molar-refractivity contribution in [1.82, 2.24) is 9.78 Å². The van der Waals surface area contributed by atoms with Gasteiger partial charge >= 0.3 is 6.18 Å². The molecule has 0 amide bonds. The Hall–Kier alpha value is -3.60. The minimum Gasteiger partial charge on any atom is -0.487 e. The lowest BCUT2D eigenvalue weighted by molar-refractivity contribution is -0.133. The molecule has 0 spiro atoms. The van der Waals surface area contributed by atoms with E-state index < -0.39 is 24.8 Å². The van der Waals surface area contributed by atoms with Gasteiger partial charge in [-0.2, -0.15) is 23.5 Å². The number of rotatable bonds is 7. The molecule has 0 aliphatic rings. The first kappa shape index (κ1) is 21.1. The second-order valence-corrected chi connectivity index (χ2v) is 6.62. The van der Waals surface area contributed by atoms with Crippen molar-refractivity contribution in [3.63, 3.8) is 0 Å². The molecule has 3 aromatic rings. The van der Waals surface area contributed by atoms with Gasteiger partial charge in [-0.05, 0) is 43.3 Å². The molecular weight excluding hydrogens is 395 g/mol. The van der Waals surface area contributed by atoms with Gasteiger partial charge in [0.25, 0.3) is 0 Å². The van der Waals surface area contributed by atoms with E-state index in [9.17, 15) is 23.2 Å². The van der Waals surface area contributed by atoms with Gasteiger partial charge in [0, 0.05) is 12.0 Å². The SMILES string of the molecule is Cc1nn(-c2ccccc2)c(COc2ccc(C(=O)CCC(F)(F)F)cc2)c1C#N. The summed E-state index contributed by atoms with van der Waals surface area (Å²) in [5, 5.41) is 13.9. The maximum Gasteiger partial charge on any atom is 0.389 e. The van der Waals surface area contributed by atoms with Gasteiger partial charge in [0.05, 0.1) is 23.5 Å². The highest BCUT2D eigenvalue weighted by Crippen LogP contribution is 2.24. The number of Topliss-reactive ketones (excluding diaryl/α,β-unsaturated/α-hetero) is 1. The van der Waals surface area contributed by atoms with E-state index in [1.165, 1.54) is 24.3 Å². The number of halogens is 3. The van der Waals surface area contributed by atoms with Crippen LogP contribution in [0.2, 0.25) is 0 Å². The number of hydrogen-bond donors (Lipinski definition) is 0. The Morgan fingerprint density at radius 1 is 1.13 bits per heavy atom. The summed E-state index contributed by atoms with van der Waals surface area (Å²) >= 11 is 0. The number of aryl methyl sites for hydroxylation is 1. The lowest BCUT2D eigenvalue weighted by Crippen LogP contribution is -2.11. The highest BCUT2D eigenvalue weighted by atomic mass is 19.4. The molecule has 2 aromatic carbocycles. The zero-order chi connectivity index (χ0) is 21.7. The predicted molar refractivity (Wildman–Crippen MR) is 103 cm³/mol. The first-order valence-electron chi connectivity index (χ1n) is 9.15. The highest BCUT2D eigenvalue weighted by molar-refractivity contribution is 5.96. The van der Waals surface area contributed by atoms with Gasteiger partial charge in [-0.25, -0.2) is 4.68 Å². The van der Waals surface area contributed by atoms with Gasteiger partial charge in [-0.15, -0.1) is 0 Å². The number of para-hydroxylation sites is 1. The number of benzene rings is 2. The van der Waals surface area contributed by atoms with Crippen molar-refractivity contribution in [2.45, 2.75) is 32.5 Å². The van der Waals surface area contributed by atoms with E-state index in [4.69, 9.17) is 4.74 Å². The van der Waals surface area contributed by atoms with Crippen LogP contribution >= 0.6 is 0 Å². The molecule has 0 N–H and O–H groups in total. The van der Waals surface area contributed by atoms with Crippen molar-refractivity contribution >= 4 is 5.78 Å². The first-order valence-corrected chi connectivity index (χ1v) is 9.15. The fourth-order valence-electron chi connectivity index (χ4n) is 2.92. The number of aromatic nitrogens is 2. The Morgan fingerprint density at radius 2 is 1.80 bits per heavy atom. The first-order chi connectivity index (χ1) is 14.3. The van der Waals surface area contributed by atoms with E-state index in [1.807, 2.05) is 30.3 Å². The molecule has 154 valence electrons. The Balaban J connectivity index is 1.73. The van der Waals surface area contributed by atoms with Crippen molar-refractivity contribution in [2.75, 3.05) is 0 Å². The Labute approximate surface area is 171 Å². The van der Waals surface area contributed by atoms with Crippen LogP contribution < -0.4 is 4.74 Å². The Kier molecular flexibility index (Phi) is 6.21. The van der Waals surface area contributed by atoms with Crippen molar-refractivity contribution < 1.29 is 22.7 Å². The summed E-state index contributed by atoms with van der Waals surface area (Å²) in [6.07, 6.45) is -6.11. The molecule has 30 heavy (non-hydrogen) atoms. The molecule has 8 heteroatoms. The van der Waals surface area contributed by atoms with E-state index in [2.05, 4.69) is 11.2 Å². The van der Waals surface area contributed by atoms with Crippen molar-refractivity contribution in [3.8, 4) is 17.5 Å². The van der Waals surface area contributed by atoms with Gasteiger partial charge in [0.15, 0.2) is 5.78 Å². The molecule has 1 heterocycles. The third kappa shape index (κ3) is 5.06. The van der Waals surface area contributed by atoms with Gasteiger partial charge in [-0.1, -0.05) is 18.2 Å². The monoisotopic (exact) mass is 413 g/mol. The number of ether oxygens (including phenoxy) is 1. The second-order valence-electron chi connectivity index (χ2n) is 6.62. The number of hydrogen-bond acceptors (Lipinski definition) is 4. The predicted octanol–water partition coefficient (Wildman–Crippen LogP) is 5.16. The molecule has 0 saturated carbocycles. The maximum atomic E-state index is 12.3. The van der Waals surface area contributed by atoms with Crippen LogP contribution in [0.25, 0.3) is 5.69 Å². The smallest absolute Gasteiger partial charge is 0.389 e. The van der Waals surface area contributed by atoms with Crippen LogP contribution in [0.1, 0.15) is 40.2 Å². The fourth-order valence-corrected chi connectivity index (χ4v) is 2.92. The number of nitriles is 1. The van der Waals surface area contributed by atoms with Gasteiger partial charge in [0.1, 0.15) is 24.0 Å². The van der Waals surface area contributed by atoms with Crippen molar-refractivity contribution in [1.29, 1.82) is 5.26 Å². The third-order valence-corrected chi connectivity index (χ3v) is 4.46. The van der Waals surface area contributed by atoms with Gasteiger partial charge < -0.3 is 4.74 Å². The highest BCUT2D eigenvalue weighted by Gasteiger charge is 2.28. The Morgan fingerprint density at radius 3 is 2.40 bits per heavy atom. The van der Waals surface area contributed by atoms with Gasteiger partial charge in [-0.3, -0.25) is 4.79 Å². The normalized spacial score (nSPS) is 11.2. The molecule has 0 bridgehead atoms. The van der Waals surface area contributed by atoms with Crippen molar-refractivity contribution in [2.24, 2.45) is 0 Å². The standard InChI is InChI=1S/C22H18F3N3O2/c1-15-19(13-26)20(28(27-15)17-5-3-2-4-6-17)14-30-18-9-7-16(8-10-18)21(29)11-12-22(23,24)25/h2-10H,11-12,14H2,1H3. The number of ketones is 1.